The first kappa shape index (κ1) is 18.5. The van der Waals surface area contributed by atoms with E-state index >= 15 is 0 Å². The Hall–Kier alpha value is -3.91. The first-order chi connectivity index (χ1) is 14.2. The number of nitrogens with zero attached hydrogens (tertiary/aromatic N) is 4. The van der Waals surface area contributed by atoms with Gasteiger partial charge in [-0.1, -0.05) is 11.6 Å². The third-order valence-electron chi connectivity index (χ3n) is 3.91. The maximum Gasteiger partial charge on any atom is 0.323 e. The Bertz CT molecular complexity index is 1100. The number of rotatable bonds is 5. The molecule has 0 unspecified atom stereocenters. The van der Waals surface area contributed by atoms with Gasteiger partial charge in [-0.2, -0.15) is 5.10 Å². The summed E-state index contributed by atoms with van der Waals surface area (Å²) in [6, 6.07) is 17.4. The van der Waals surface area contributed by atoms with Crippen molar-refractivity contribution < 1.29 is 4.79 Å². The lowest BCUT2D eigenvalue weighted by molar-refractivity contribution is 0.262. The number of amides is 2. The molecule has 0 bridgehead atoms. The van der Waals surface area contributed by atoms with Crippen LogP contribution in [0.25, 0.3) is 5.82 Å². The lowest BCUT2D eigenvalue weighted by atomic mass is 10.2. The quantitative estimate of drug-likeness (QED) is 0.447. The number of carbonyl (C=O) groups is 1. The molecule has 0 aliphatic carbocycles. The molecule has 2 heterocycles. The molecule has 3 N–H and O–H groups in total. The molecular weight excluding hydrogens is 390 g/mol. The van der Waals surface area contributed by atoms with Gasteiger partial charge in [0.2, 0.25) is 0 Å². The molecule has 2 amide bonds. The molecule has 0 fully saturated rings. The molecule has 0 atom stereocenters. The zero-order valence-corrected chi connectivity index (χ0v) is 15.8. The summed E-state index contributed by atoms with van der Waals surface area (Å²) >= 11 is 5.84. The molecule has 29 heavy (non-hydrogen) atoms. The van der Waals surface area contributed by atoms with Crippen LogP contribution in [0.3, 0.4) is 0 Å². The highest BCUT2D eigenvalue weighted by Crippen LogP contribution is 2.19. The number of anilines is 4. The molecule has 0 saturated carbocycles. The standard InChI is InChI=1S/C20H16ClN7O/c21-14-2-4-16(5-3-14)26-20(29)27-17-8-6-15(7-9-17)25-18-12-19(23-13-22-18)28-11-1-10-24-28/h1-13H,(H,22,23,25)(H2,26,27,29). The van der Waals surface area contributed by atoms with E-state index < -0.39 is 0 Å². The molecular formula is C20H16ClN7O. The van der Waals surface area contributed by atoms with Gasteiger partial charge >= 0.3 is 6.03 Å². The maximum absolute atomic E-state index is 12.1. The third-order valence-corrected chi connectivity index (χ3v) is 4.16. The summed E-state index contributed by atoms with van der Waals surface area (Å²) in [6.45, 7) is 0. The molecule has 2 aromatic carbocycles. The molecule has 0 saturated heterocycles. The van der Waals surface area contributed by atoms with Crippen molar-refractivity contribution >= 4 is 40.5 Å². The van der Waals surface area contributed by atoms with Crippen molar-refractivity contribution in [2.45, 2.75) is 0 Å². The second kappa shape index (κ2) is 8.41. The number of aromatic nitrogens is 4. The Labute approximate surface area is 171 Å². The average molecular weight is 406 g/mol. The fourth-order valence-electron chi connectivity index (χ4n) is 2.56. The van der Waals surface area contributed by atoms with Gasteiger partial charge in [-0.15, -0.1) is 0 Å². The number of hydrogen-bond donors (Lipinski definition) is 3. The minimum Gasteiger partial charge on any atom is -0.340 e. The summed E-state index contributed by atoms with van der Waals surface area (Å²) in [5.41, 5.74) is 2.13. The topological polar surface area (TPSA) is 96.8 Å². The predicted octanol–water partition coefficient (Wildman–Crippen LogP) is 4.70. The second-order valence-electron chi connectivity index (χ2n) is 6.00. The zero-order chi connectivity index (χ0) is 20.1. The van der Waals surface area contributed by atoms with E-state index in [9.17, 15) is 4.79 Å². The number of carbonyl (C=O) groups excluding carboxylic acids is 1. The van der Waals surface area contributed by atoms with Gasteiger partial charge in [-0.05, 0) is 54.6 Å². The fraction of sp³-hybridized carbons (Fsp3) is 0. The Morgan fingerprint density at radius 3 is 2.21 bits per heavy atom. The highest BCUT2D eigenvalue weighted by atomic mass is 35.5. The number of urea groups is 1. The largest absolute Gasteiger partial charge is 0.340 e. The third kappa shape index (κ3) is 4.88. The van der Waals surface area contributed by atoms with Crippen molar-refractivity contribution in [2.24, 2.45) is 0 Å². The normalized spacial score (nSPS) is 10.4. The van der Waals surface area contributed by atoms with Crippen molar-refractivity contribution in [3.63, 3.8) is 0 Å². The van der Waals surface area contributed by atoms with Crippen molar-refractivity contribution in [3.8, 4) is 5.82 Å². The Morgan fingerprint density at radius 2 is 1.55 bits per heavy atom. The van der Waals surface area contributed by atoms with Gasteiger partial charge in [-0.25, -0.2) is 19.4 Å². The second-order valence-corrected chi connectivity index (χ2v) is 6.44. The molecule has 4 aromatic rings. The summed E-state index contributed by atoms with van der Waals surface area (Å²) in [7, 11) is 0. The SMILES string of the molecule is O=C(Nc1ccc(Cl)cc1)Nc1ccc(Nc2cc(-n3cccn3)ncn2)cc1. The van der Waals surface area contributed by atoms with Crippen LogP contribution in [0.15, 0.2) is 79.4 Å². The summed E-state index contributed by atoms with van der Waals surface area (Å²) in [5.74, 6) is 1.29. The van der Waals surface area contributed by atoms with Gasteiger partial charge in [0.1, 0.15) is 12.1 Å². The van der Waals surface area contributed by atoms with Crippen LogP contribution in [0.4, 0.5) is 27.7 Å². The molecule has 0 aliphatic rings. The highest BCUT2D eigenvalue weighted by molar-refractivity contribution is 6.30. The van der Waals surface area contributed by atoms with Crippen LogP contribution in [-0.4, -0.2) is 25.8 Å². The summed E-state index contributed by atoms with van der Waals surface area (Å²) < 4.78 is 1.65. The van der Waals surface area contributed by atoms with Crippen molar-refractivity contribution in [3.05, 3.63) is 84.4 Å². The monoisotopic (exact) mass is 405 g/mol. The van der Waals surface area contributed by atoms with Crippen LogP contribution in [0.1, 0.15) is 0 Å². The Morgan fingerprint density at radius 1 is 0.897 bits per heavy atom. The predicted molar refractivity (Wildman–Crippen MR) is 113 cm³/mol. The van der Waals surface area contributed by atoms with Crippen LogP contribution in [-0.2, 0) is 0 Å². The van der Waals surface area contributed by atoms with Crippen molar-refractivity contribution in [1.82, 2.24) is 19.7 Å². The average Bonchev–Trinajstić information content (AvgIpc) is 3.26. The zero-order valence-electron chi connectivity index (χ0n) is 15.1. The van der Waals surface area contributed by atoms with Gasteiger partial charge in [-0.3, -0.25) is 0 Å². The summed E-state index contributed by atoms with van der Waals surface area (Å²) in [4.78, 5) is 20.5. The van der Waals surface area contributed by atoms with Crippen LogP contribution in [0, 0.1) is 0 Å². The van der Waals surface area contributed by atoms with Crippen molar-refractivity contribution in [2.75, 3.05) is 16.0 Å². The van der Waals surface area contributed by atoms with Gasteiger partial charge in [0.15, 0.2) is 5.82 Å². The molecule has 2 aromatic heterocycles. The van der Waals surface area contributed by atoms with Crippen LogP contribution in [0.5, 0.6) is 0 Å². The van der Waals surface area contributed by atoms with E-state index in [0.717, 1.165) is 5.69 Å². The van der Waals surface area contributed by atoms with E-state index in [4.69, 9.17) is 11.6 Å². The molecule has 0 aliphatic heterocycles. The minimum absolute atomic E-state index is 0.340. The number of halogens is 1. The highest BCUT2D eigenvalue weighted by Gasteiger charge is 2.05. The van der Waals surface area contributed by atoms with E-state index in [-0.39, 0.29) is 6.03 Å². The van der Waals surface area contributed by atoms with E-state index in [1.807, 2.05) is 24.4 Å². The molecule has 9 heteroatoms. The van der Waals surface area contributed by atoms with E-state index in [2.05, 4.69) is 31.0 Å². The van der Waals surface area contributed by atoms with Gasteiger partial charge in [0.05, 0.1) is 0 Å². The molecule has 4 rings (SSSR count). The number of hydrogen-bond acceptors (Lipinski definition) is 5. The van der Waals surface area contributed by atoms with Gasteiger partial charge in [0, 0.05) is 40.5 Å². The van der Waals surface area contributed by atoms with Gasteiger partial charge in [0.25, 0.3) is 0 Å². The van der Waals surface area contributed by atoms with Crippen LogP contribution in [0.2, 0.25) is 5.02 Å². The summed E-state index contributed by atoms with van der Waals surface area (Å²) in [5, 5.41) is 13.5. The smallest absolute Gasteiger partial charge is 0.323 e. The van der Waals surface area contributed by atoms with E-state index in [1.54, 1.807) is 53.3 Å². The number of nitrogens with one attached hydrogen (secondary N) is 3. The first-order valence-electron chi connectivity index (χ1n) is 8.68. The fourth-order valence-corrected chi connectivity index (χ4v) is 2.68. The summed E-state index contributed by atoms with van der Waals surface area (Å²) in [6.07, 6.45) is 4.96. The van der Waals surface area contributed by atoms with Gasteiger partial charge < -0.3 is 16.0 Å². The molecule has 144 valence electrons. The first-order valence-corrected chi connectivity index (χ1v) is 9.06. The lowest BCUT2D eigenvalue weighted by Crippen LogP contribution is -2.19. The van der Waals surface area contributed by atoms with Crippen molar-refractivity contribution in [1.29, 1.82) is 0 Å². The van der Waals surface area contributed by atoms with Crippen LogP contribution >= 0.6 is 11.6 Å². The minimum atomic E-state index is -0.340. The van der Waals surface area contributed by atoms with E-state index in [1.165, 1.54) is 6.33 Å². The lowest BCUT2D eigenvalue weighted by Gasteiger charge is -2.10. The molecule has 0 spiro atoms. The van der Waals surface area contributed by atoms with Crippen LogP contribution < -0.4 is 16.0 Å². The molecule has 0 radical (unpaired) electrons. The number of benzene rings is 2. The molecule has 8 nitrogen and oxygen atoms in total. The Balaban J connectivity index is 1.37. The maximum atomic E-state index is 12.1. The van der Waals surface area contributed by atoms with E-state index in [0.29, 0.717) is 28.0 Å². The Kier molecular flexibility index (Phi) is 5.35.